The second-order valence-electron chi connectivity index (χ2n) is 7.05. The van der Waals surface area contributed by atoms with Gasteiger partial charge < -0.3 is 9.42 Å². The highest BCUT2D eigenvalue weighted by molar-refractivity contribution is 5.94. The van der Waals surface area contributed by atoms with Crippen molar-refractivity contribution in [3.8, 4) is 11.4 Å². The van der Waals surface area contributed by atoms with Crippen molar-refractivity contribution >= 4 is 5.91 Å². The first-order valence-electron chi connectivity index (χ1n) is 9.17. The van der Waals surface area contributed by atoms with Gasteiger partial charge in [-0.3, -0.25) is 4.79 Å². The minimum absolute atomic E-state index is 0.0632. The third-order valence-corrected chi connectivity index (χ3v) is 5.13. The molecule has 1 amide bonds. The molecule has 3 aromatic rings. The van der Waals surface area contributed by atoms with Gasteiger partial charge >= 0.3 is 0 Å². The number of carbonyl (C=O) groups is 1. The lowest BCUT2D eigenvalue weighted by atomic mass is 9.92. The molecular weight excluding hydrogens is 364 g/mol. The molecule has 28 heavy (non-hydrogen) atoms. The molecule has 0 bridgehead atoms. The molecule has 1 fully saturated rings. The summed E-state index contributed by atoms with van der Waals surface area (Å²) in [6, 6.07) is 11.5. The van der Waals surface area contributed by atoms with Crippen LogP contribution >= 0.6 is 0 Å². The highest BCUT2D eigenvalue weighted by atomic mass is 19.1. The van der Waals surface area contributed by atoms with Gasteiger partial charge in [0.05, 0.1) is 5.92 Å². The fourth-order valence-electron chi connectivity index (χ4n) is 3.47. The van der Waals surface area contributed by atoms with Crippen molar-refractivity contribution in [2.75, 3.05) is 6.54 Å². The molecule has 0 N–H and O–H groups in total. The predicted octanol–water partition coefficient (Wildman–Crippen LogP) is 4.42. The summed E-state index contributed by atoms with van der Waals surface area (Å²) in [7, 11) is 0. The van der Waals surface area contributed by atoms with Crippen LogP contribution in [0.1, 0.15) is 41.9 Å². The van der Waals surface area contributed by atoms with Crippen molar-refractivity contribution in [1.82, 2.24) is 15.0 Å². The number of hydrogen-bond donors (Lipinski definition) is 0. The second-order valence-corrected chi connectivity index (χ2v) is 7.05. The smallest absolute Gasteiger partial charge is 0.254 e. The lowest BCUT2D eigenvalue weighted by Crippen LogP contribution is -2.44. The largest absolute Gasteiger partial charge is 0.339 e. The van der Waals surface area contributed by atoms with Crippen molar-refractivity contribution in [2.45, 2.75) is 31.7 Å². The molecule has 7 heteroatoms. The zero-order valence-electron chi connectivity index (χ0n) is 15.3. The highest BCUT2D eigenvalue weighted by Crippen LogP contribution is 2.31. The SMILES string of the molecule is CC1CCC(c2nc(-c3ccc(F)cc3)no2)CN1C(=O)c1ccc(F)cc1. The summed E-state index contributed by atoms with van der Waals surface area (Å²) in [6.45, 7) is 2.44. The van der Waals surface area contributed by atoms with Gasteiger partial charge in [0.1, 0.15) is 11.6 Å². The summed E-state index contributed by atoms with van der Waals surface area (Å²) >= 11 is 0. The maximum atomic E-state index is 13.1. The van der Waals surface area contributed by atoms with Crippen LogP contribution in [-0.2, 0) is 0 Å². The molecule has 0 aliphatic carbocycles. The maximum Gasteiger partial charge on any atom is 0.254 e. The zero-order chi connectivity index (χ0) is 19.7. The average molecular weight is 383 g/mol. The van der Waals surface area contributed by atoms with E-state index in [2.05, 4.69) is 10.1 Å². The Morgan fingerprint density at radius 1 is 1.04 bits per heavy atom. The van der Waals surface area contributed by atoms with Crippen LogP contribution in [-0.4, -0.2) is 33.5 Å². The number of halogens is 2. The van der Waals surface area contributed by atoms with Gasteiger partial charge in [0, 0.05) is 23.7 Å². The van der Waals surface area contributed by atoms with Crippen LogP contribution in [0.2, 0.25) is 0 Å². The first-order valence-corrected chi connectivity index (χ1v) is 9.17. The zero-order valence-corrected chi connectivity index (χ0v) is 15.3. The van der Waals surface area contributed by atoms with Gasteiger partial charge in [-0.15, -0.1) is 0 Å². The van der Waals surface area contributed by atoms with Crippen molar-refractivity contribution < 1.29 is 18.1 Å². The molecule has 2 heterocycles. The molecule has 2 unspecified atom stereocenters. The Hall–Kier alpha value is -3.09. The van der Waals surface area contributed by atoms with E-state index in [1.54, 1.807) is 17.0 Å². The van der Waals surface area contributed by atoms with Crippen LogP contribution in [0.3, 0.4) is 0 Å². The van der Waals surface area contributed by atoms with Gasteiger partial charge in [0.2, 0.25) is 11.7 Å². The molecule has 1 aliphatic heterocycles. The van der Waals surface area contributed by atoms with Crippen LogP contribution < -0.4 is 0 Å². The minimum Gasteiger partial charge on any atom is -0.339 e. The number of piperidine rings is 1. The van der Waals surface area contributed by atoms with Crippen molar-refractivity contribution in [3.63, 3.8) is 0 Å². The number of rotatable bonds is 3. The number of carbonyl (C=O) groups excluding carboxylic acids is 1. The summed E-state index contributed by atoms with van der Waals surface area (Å²) in [5, 5.41) is 3.99. The number of aromatic nitrogens is 2. The summed E-state index contributed by atoms with van der Waals surface area (Å²) in [6.07, 6.45) is 1.62. The Morgan fingerprint density at radius 3 is 2.36 bits per heavy atom. The Kier molecular flexibility index (Phi) is 4.90. The Balaban J connectivity index is 1.52. The van der Waals surface area contributed by atoms with Crippen molar-refractivity contribution in [2.24, 2.45) is 0 Å². The van der Waals surface area contributed by atoms with Crippen LogP contribution in [0, 0.1) is 11.6 Å². The molecule has 1 aromatic heterocycles. The molecule has 2 aromatic carbocycles. The van der Waals surface area contributed by atoms with E-state index in [1.165, 1.54) is 36.4 Å². The third kappa shape index (κ3) is 3.65. The molecule has 1 aliphatic rings. The first kappa shape index (κ1) is 18.3. The van der Waals surface area contributed by atoms with E-state index in [0.29, 0.717) is 29.4 Å². The second kappa shape index (κ2) is 7.50. The van der Waals surface area contributed by atoms with E-state index < -0.39 is 0 Å². The molecule has 144 valence electrons. The van der Waals surface area contributed by atoms with Crippen LogP contribution in [0.25, 0.3) is 11.4 Å². The molecular formula is C21H19F2N3O2. The van der Waals surface area contributed by atoms with Gasteiger partial charge in [-0.2, -0.15) is 4.98 Å². The third-order valence-electron chi connectivity index (χ3n) is 5.13. The summed E-state index contributed by atoms with van der Waals surface area (Å²) in [4.78, 5) is 19.1. The Bertz CT molecular complexity index is 970. The number of amides is 1. The van der Waals surface area contributed by atoms with E-state index in [-0.39, 0.29) is 29.5 Å². The molecule has 0 radical (unpaired) electrons. The van der Waals surface area contributed by atoms with Crippen molar-refractivity contribution in [1.29, 1.82) is 0 Å². The normalized spacial score (nSPS) is 19.6. The lowest BCUT2D eigenvalue weighted by Gasteiger charge is -2.36. The summed E-state index contributed by atoms with van der Waals surface area (Å²) in [5.41, 5.74) is 1.12. The van der Waals surface area contributed by atoms with E-state index >= 15 is 0 Å². The Labute approximate surface area is 161 Å². The van der Waals surface area contributed by atoms with E-state index in [4.69, 9.17) is 4.52 Å². The van der Waals surface area contributed by atoms with Crippen LogP contribution in [0.15, 0.2) is 53.1 Å². The maximum absolute atomic E-state index is 13.1. The standard InChI is InChI=1S/C21H19F2N3O2/c1-13-2-3-16(12-26(13)21(27)15-6-10-18(23)11-7-15)20-24-19(25-28-20)14-4-8-17(22)9-5-14/h4-11,13,16H,2-3,12H2,1H3. The summed E-state index contributed by atoms with van der Waals surface area (Å²) < 4.78 is 31.7. The number of likely N-dealkylation sites (tertiary alicyclic amines) is 1. The fourth-order valence-corrected chi connectivity index (χ4v) is 3.47. The quantitative estimate of drug-likeness (QED) is 0.672. The fraction of sp³-hybridized carbons (Fsp3) is 0.286. The number of nitrogens with zero attached hydrogens (tertiary/aromatic N) is 3. The van der Waals surface area contributed by atoms with Gasteiger partial charge in [-0.05, 0) is 68.3 Å². The predicted molar refractivity (Wildman–Crippen MR) is 98.6 cm³/mol. The number of hydrogen-bond acceptors (Lipinski definition) is 4. The molecule has 0 spiro atoms. The van der Waals surface area contributed by atoms with Gasteiger partial charge in [-0.25, -0.2) is 8.78 Å². The van der Waals surface area contributed by atoms with E-state index in [9.17, 15) is 13.6 Å². The molecule has 4 rings (SSSR count). The van der Waals surface area contributed by atoms with Gasteiger partial charge in [0.25, 0.3) is 5.91 Å². The average Bonchev–Trinajstić information content (AvgIpc) is 3.19. The topological polar surface area (TPSA) is 59.2 Å². The molecule has 5 nitrogen and oxygen atoms in total. The monoisotopic (exact) mass is 383 g/mol. The van der Waals surface area contributed by atoms with Crippen LogP contribution in [0.4, 0.5) is 8.78 Å². The lowest BCUT2D eigenvalue weighted by molar-refractivity contribution is 0.0593. The van der Waals surface area contributed by atoms with E-state index in [1.807, 2.05) is 6.92 Å². The molecule has 0 saturated carbocycles. The summed E-state index contributed by atoms with van der Waals surface area (Å²) in [5.74, 6) is -0.0741. The molecule has 1 saturated heterocycles. The van der Waals surface area contributed by atoms with Crippen molar-refractivity contribution in [3.05, 3.63) is 71.6 Å². The Morgan fingerprint density at radius 2 is 1.68 bits per heavy atom. The minimum atomic E-state index is -0.375. The first-order chi connectivity index (χ1) is 13.5. The highest BCUT2D eigenvalue weighted by Gasteiger charge is 2.33. The van der Waals surface area contributed by atoms with Gasteiger partial charge in [-0.1, -0.05) is 5.16 Å². The van der Waals surface area contributed by atoms with Crippen LogP contribution in [0.5, 0.6) is 0 Å². The van der Waals surface area contributed by atoms with Gasteiger partial charge in [0.15, 0.2) is 0 Å². The number of benzene rings is 2. The van der Waals surface area contributed by atoms with E-state index in [0.717, 1.165) is 12.8 Å². The molecule has 2 atom stereocenters.